The molecule has 3 heteroatoms. The lowest BCUT2D eigenvalue weighted by molar-refractivity contribution is 1.23. The molecule has 40 heavy (non-hydrogen) atoms. The van der Waals surface area contributed by atoms with Crippen LogP contribution in [0.3, 0.4) is 0 Å². The molecule has 3 nitrogen and oxygen atoms in total. The average Bonchev–Trinajstić information content (AvgIpc) is 3.05. The highest BCUT2D eigenvalue weighted by molar-refractivity contribution is 5.87. The van der Waals surface area contributed by atoms with Gasteiger partial charge in [-0.05, 0) is 33.9 Å². The summed E-state index contributed by atoms with van der Waals surface area (Å²) in [6.45, 7) is 0. The molecule has 7 aromatic rings. The second kappa shape index (κ2) is 10.4. The molecule has 0 saturated heterocycles. The Morgan fingerprint density at radius 3 is 1.18 bits per heavy atom. The Bertz CT molecular complexity index is 1900. The second-order valence-corrected chi connectivity index (χ2v) is 9.74. The topological polar surface area (TPSA) is 38.7 Å². The zero-order valence-electron chi connectivity index (χ0n) is 21.8. The van der Waals surface area contributed by atoms with Gasteiger partial charge in [0.25, 0.3) is 0 Å². The van der Waals surface area contributed by atoms with Gasteiger partial charge in [0, 0.05) is 22.9 Å². The first kappa shape index (κ1) is 23.7. The minimum absolute atomic E-state index is 0.631. The van der Waals surface area contributed by atoms with E-state index in [2.05, 4.69) is 115 Å². The summed E-state index contributed by atoms with van der Waals surface area (Å²) >= 11 is 0. The van der Waals surface area contributed by atoms with Crippen LogP contribution < -0.4 is 0 Å². The molecule has 0 unspecified atom stereocenters. The van der Waals surface area contributed by atoms with Gasteiger partial charge in [0.1, 0.15) is 5.52 Å². The van der Waals surface area contributed by atoms with Gasteiger partial charge >= 0.3 is 0 Å². The van der Waals surface area contributed by atoms with E-state index in [1.54, 1.807) is 0 Å². The van der Waals surface area contributed by atoms with Gasteiger partial charge in [-0.25, -0.2) is 15.0 Å². The van der Waals surface area contributed by atoms with E-state index < -0.39 is 0 Å². The number of hydrogen-bond donors (Lipinski definition) is 0. The highest BCUT2D eigenvalue weighted by Crippen LogP contribution is 2.34. The number of hydrogen-bond acceptors (Lipinski definition) is 3. The minimum Gasteiger partial charge on any atom is -0.242 e. The third-order valence-electron chi connectivity index (χ3n) is 7.16. The van der Waals surface area contributed by atoms with Crippen molar-refractivity contribution in [2.24, 2.45) is 0 Å². The van der Waals surface area contributed by atoms with Crippen molar-refractivity contribution in [3.8, 4) is 55.9 Å². The summed E-state index contributed by atoms with van der Waals surface area (Å²) in [6, 6.07) is 50.3. The molecule has 5 aromatic carbocycles. The van der Waals surface area contributed by atoms with E-state index in [4.69, 9.17) is 15.0 Å². The van der Waals surface area contributed by atoms with Gasteiger partial charge in [0.05, 0.1) is 11.4 Å². The van der Waals surface area contributed by atoms with Crippen molar-refractivity contribution in [3.63, 3.8) is 0 Å². The van der Waals surface area contributed by atoms with Gasteiger partial charge in [-0.15, -0.1) is 0 Å². The molecule has 0 radical (unpaired) electrons. The SMILES string of the molecule is c1ccc(-c2ccc(-c3nc4cc(-c5ccccc5)cnc4nc3-c3ccc(-c4ccccc4)cc3)cc2)cc1. The van der Waals surface area contributed by atoms with E-state index in [-0.39, 0.29) is 0 Å². The Morgan fingerprint density at radius 1 is 0.325 bits per heavy atom. The maximum absolute atomic E-state index is 5.17. The number of fused-ring (bicyclic) bond motifs is 1. The van der Waals surface area contributed by atoms with E-state index in [1.165, 1.54) is 16.7 Å². The summed E-state index contributed by atoms with van der Waals surface area (Å²) in [4.78, 5) is 15.0. The van der Waals surface area contributed by atoms with E-state index in [0.717, 1.165) is 44.7 Å². The summed E-state index contributed by atoms with van der Waals surface area (Å²) < 4.78 is 0. The van der Waals surface area contributed by atoms with Crippen molar-refractivity contribution in [1.29, 1.82) is 0 Å². The number of pyridine rings is 1. The molecule has 0 fully saturated rings. The van der Waals surface area contributed by atoms with Gasteiger partial charge in [0.2, 0.25) is 0 Å². The predicted octanol–water partition coefficient (Wildman–Crippen LogP) is 9.36. The Hall–Kier alpha value is -5.41. The Kier molecular flexibility index (Phi) is 6.15. The van der Waals surface area contributed by atoms with Gasteiger partial charge in [-0.3, -0.25) is 0 Å². The Morgan fingerprint density at radius 2 is 0.700 bits per heavy atom. The summed E-state index contributed by atoms with van der Waals surface area (Å²) in [7, 11) is 0. The van der Waals surface area contributed by atoms with Gasteiger partial charge in [-0.1, -0.05) is 140 Å². The molecule has 188 valence electrons. The molecule has 0 amide bonds. The highest BCUT2D eigenvalue weighted by Gasteiger charge is 2.15. The van der Waals surface area contributed by atoms with Crippen LogP contribution in [0, 0.1) is 0 Å². The van der Waals surface area contributed by atoms with Crippen LogP contribution in [0.25, 0.3) is 67.1 Å². The fourth-order valence-electron chi connectivity index (χ4n) is 5.04. The normalized spacial score (nSPS) is 11.0. The van der Waals surface area contributed by atoms with E-state index in [0.29, 0.717) is 5.65 Å². The van der Waals surface area contributed by atoms with E-state index in [1.807, 2.05) is 36.5 Å². The molecule has 0 spiro atoms. The van der Waals surface area contributed by atoms with Crippen molar-refractivity contribution in [2.45, 2.75) is 0 Å². The summed E-state index contributed by atoms with van der Waals surface area (Å²) in [5, 5.41) is 0. The van der Waals surface area contributed by atoms with Crippen LogP contribution in [0.2, 0.25) is 0 Å². The smallest absolute Gasteiger partial charge is 0.178 e. The summed E-state index contributed by atoms with van der Waals surface area (Å²) in [5.41, 5.74) is 11.9. The van der Waals surface area contributed by atoms with Crippen molar-refractivity contribution in [3.05, 3.63) is 152 Å². The zero-order valence-corrected chi connectivity index (χ0v) is 21.8. The lowest BCUT2D eigenvalue weighted by atomic mass is 9.98. The van der Waals surface area contributed by atoms with E-state index >= 15 is 0 Å². The molecule has 0 bridgehead atoms. The molecular formula is C37H25N3. The predicted molar refractivity (Wildman–Crippen MR) is 165 cm³/mol. The average molecular weight is 512 g/mol. The zero-order chi connectivity index (χ0) is 26.7. The summed E-state index contributed by atoms with van der Waals surface area (Å²) in [5.74, 6) is 0. The molecule has 0 aliphatic heterocycles. The van der Waals surface area contributed by atoms with Gasteiger partial charge in [-0.2, -0.15) is 0 Å². The first-order chi connectivity index (χ1) is 19.8. The minimum atomic E-state index is 0.631. The number of benzene rings is 5. The standard InChI is InChI=1S/C37H25N3/c1-4-10-26(11-5-1)29-16-20-31(21-17-29)35-36(32-22-18-30(19-23-32)27-12-6-2-7-13-27)40-37-34(39-35)24-33(25-38-37)28-14-8-3-9-15-28/h1-25H. The highest BCUT2D eigenvalue weighted by atomic mass is 14.9. The third-order valence-corrected chi connectivity index (χ3v) is 7.16. The Labute approximate surface area is 233 Å². The van der Waals surface area contributed by atoms with Gasteiger partial charge < -0.3 is 0 Å². The third kappa shape index (κ3) is 4.65. The van der Waals surface area contributed by atoms with Crippen molar-refractivity contribution in [2.75, 3.05) is 0 Å². The van der Waals surface area contributed by atoms with Crippen LogP contribution >= 0.6 is 0 Å². The monoisotopic (exact) mass is 511 g/mol. The van der Waals surface area contributed by atoms with Crippen LogP contribution in [0.15, 0.2) is 152 Å². The molecule has 0 N–H and O–H groups in total. The molecule has 0 atom stereocenters. The molecule has 7 rings (SSSR count). The molecular weight excluding hydrogens is 486 g/mol. The summed E-state index contributed by atoms with van der Waals surface area (Å²) in [6.07, 6.45) is 1.88. The fraction of sp³-hybridized carbons (Fsp3) is 0. The molecule has 2 aromatic heterocycles. The van der Waals surface area contributed by atoms with Crippen LogP contribution in [-0.2, 0) is 0 Å². The maximum atomic E-state index is 5.17. The van der Waals surface area contributed by atoms with Crippen LogP contribution in [0.4, 0.5) is 0 Å². The maximum Gasteiger partial charge on any atom is 0.178 e. The molecule has 0 aliphatic carbocycles. The molecule has 0 saturated carbocycles. The lowest BCUT2D eigenvalue weighted by Crippen LogP contribution is -1.98. The number of rotatable bonds is 5. The van der Waals surface area contributed by atoms with Crippen LogP contribution in [0.5, 0.6) is 0 Å². The number of aromatic nitrogens is 3. The second-order valence-electron chi connectivity index (χ2n) is 9.74. The van der Waals surface area contributed by atoms with E-state index in [9.17, 15) is 0 Å². The first-order valence-corrected chi connectivity index (χ1v) is 13.4. The molecule has 2 heterocycles. The largest absolute Gasteiger partial charge is 0.242 e. The first-order valence-electron chi connectivity index (χ1n) is 13.4. The van der Waals surface area contributed by atoms with Crippen LogP contribution in [0.1, 0.15) is 0 Å². The van der Waals surface area contributed by atoms with Crippen molar-refractivity contribution < 1.29 is 0 Å². The molecule has 0 aliphatic rings. The Balaban J connectivity index is 1.36. The van der Waals surface area contributed by atoms with Crippen molar-refractivity contribution >= 4 is 11.2 Å². The van der Waals surface area contributed by atoms with Gasteiger partial charge in [0.15, 0.2) is 5.65 Å². The van der Waals surface area contributed by atoms with Crippen LogP contribution in [-0.4, -0.2) is 15.0 Å². The quantitative estimate of drug-likeness (QED) is 0.231. The fourth-order valence-corrected chi connectivity index (χ4v) is 5.04. The number of nitrogens with zero attached hydrogens (tertiary/aromatic N) is 3. The van der Waals surface area contributed by atoms with Crippen molar-refractivity contribution in [1.82, 2.24) is 15.0 Å². The lowest BCUT2D eigenvalue weighted by Gasteiger charge is -2.12.